The third-order valence-electron chi connectivity index (χ3n) is 3.58. The molecule has 0 saturated carbocycles. The van der Waals surface area contributed by atoms with Crippen LogP contribution in [-0.2, 0) is 13.2 Å². The first kappa shape index (κ1) is 17.1. The summed E-state index contributed by atoms with van der Waals surface area (Å²) in [5.74, 6) is -0.217. The lowest BCUT2D eigenvalue weighted by molar-refractivity contribution is -0.389. The van der Waals surface area contributed by atoms with Gasteiger partial charge >= 0.3 is 5.82 Å². The van der Waals surface area contributed by atoms with Gasteiger partial charge in [-0.25, -0.2) is 4.68 Å². The number of amides is 1. The molecule has 10 nitrogen and oxygen atoms in total. The number of carbonyl (C=O) groups is 1. The van der Waals surface area contributed by atoms with E-state index in [0.717, 1.165) is 12.5 Å². The van der Waals surface area contributed by atoms with Crippen LogP contribution in [0.15, 0.2) is 42.7 Å². The second-order valence-corrected chi connectivity index (χ2v) is 5.39. The van der Waals surface area contributed by atoms with Crippen molar-refractivity contribution in [3.05, 3.63) is 64.1 Å². The largest absolute Gasteiger partial charge is 0.471 e. The summed E-state index contributed by atoms with van der Waals surface area (Å²) >= 11 is 0. The SMILES string of the molecule is CCc1ccc(OCn2cc(NC(=O)c3cc([N+](=O)[O-])[nH]n3)cn2)cc1. The van der Waals surface area contributed by atoms with Crippen molar-refractivity contribution in [2.45, 2.75) is 20.1 Å². The van der Waals surface area contributed by atoms with Crippen molar-refractivity contribution in [2.75, 3.05) is 5.32 Å². The van der Waals surface area contributed by atoms with Gasteiger partial charge in [0.15, 0.2) is 12.4 Å². The molecule has 0 fully saturated rings. The lowest BCUT2D eigenvalue weighted by Gasteiger charge is -2.06. The van der Waals surface area contributed by atoms with Gasteiger partial charge in [0.05, 0.1) is 24.1 Å². The van der Waals surface area contributed by atoms with E-state index in [1.165, 1.54) is 16.4 Å². The Morgan fingerprint density at radius 2 is 2.15 bits per heavy atom. The van der Waals surface area contributed by atoms with Crippen LogP contribution in [-0.4, -0.2) is 30.8 Å². The van der Waals surface area contributed by atoms with Gasteiger partial charge in [-0.2, -0.15) is 5.10 Å². The Labute approximate surface area is 147 Å². The van der Waals surface area contributed by atoms with Crippen LogP contribution < -0.4 is 10.1 Å². The number of H-pyrrole nitrogens is 1. The van der Waals surface area contributed by atoms with Gasteiger partial charge in [0.25, 0.3) is 5.91 Å². The lowest BCUT2D eigenvalue weighted by Crippen LogP contribution is -2.12. The van der Waals surface area contributed by atoms with E-state index in [9.17, 15) is 14.9 Å². The number of aromatic amines is 1. The summed E-state index contributed by atoms with van der Waals surface area (Å²) in [5, 5.41) is 23.0. The summed E-state index contributed by atoms with van der Waals surface area (Å²) in [6.45, 7) is 2.26. The van der Waals surface area contributed by atoms with Crippen LogP contribution in [0.5, 0.6) is 5.75 Å². The first-order valence-electron chi connectivity index (χ1n) is 7.80. The number of benzene rings is 1. The fraction of sp³-hybridized carbons (Fsp3) is 0.188. The van der Waals surface area contributed by atoms with Crippen LogP contribution in [0.4, 0.5) is 11.5 Å². The monoisotopic (exact) mass is 356 g/mol. The average molecular weight is 356 g/mol. The second-order valence-electron chi connectivity index (χ2n) is 5.39. The molecule has 0 atom stereocenters. The summed E-state index contributed by atoms with van der Waals surface area (Å²) in [7, 11) is 0. The minimum atomic E-state index is -0.661. The summed E-state index contributed by atoms with van der Waals surface area (Å²) in [5.41, 5.74) is 1.56. The number of anilines is 1. The van der Waals surface area contributed by atoms with Crippen LogP contribution in [0.3, 0.4) is 0 Å². The van der Waals surface area contributed by atoms with Gasteiger partial charge in [-0.15, -0.1) is 5.10 Å². The second kappa shape index (κ2) is 7.47. The normalized spacial score (nSPS) is 10.5. The molecule has 3 rings (SSSR count). The molecule has 0 aliphatic rings. The van der Waals surface area contributed by atoms with E-state index in [2.05, 4.69) is 27.5 Å². The molecule has 2 N–H and O–H groups in total. The summed E-state index contributed by atoms with van der Waals surface area (Å²) < 4.78 is 7.13. The lowest BCUT2D eigenvalue weighted by atomic mass is 10.2. The minimum absolute atomic E-state index is 0.0864. The number of nitrogens with zero attached hydrogens (tertiary/aromatic N) is 4. The third kappa shape index (κ3) is 4.04. The Balaban J connectivity index is 1.56. The molecular weight excluding hydrogens is 340 g/mol. The number of aryl methyl sites for hydroxylation is 1. The number of hydrogen-bond donors (Lipinski definition) is 2. The summed E-state index contributed by atoms with van der Waals surface area (Å²) in [6, 6.07) is 8.81. The van der Waals surface area contributed by atoms with Crippen molar-refractivity contribution in [1.29, 1.82) is 0 Å². The molecule has 3 aromatic rings. The molecule has 0 bridgehead atoms. The maximum Gasteiger partial charge on any atom is 0.343 e. The Morgan fingerprint density at radius 1 is 1.38 bits per heavy atom. The molecule has 1 amide bonds. The highest BCUT2D eigenvalue weighted by Crippen LogP contribution is 2.14. The molecule has 2 heterocycles. The van der Waals surface area contributed by atoms with E-state index in [-0.39, 0.29) is 18.2 Å². The average Bonchev–Trinajstić information content (AvgIpc) is 3.30. The molecule has 0 spiro atoms. The van der Waals surface area contributed by atoms with Gasteiger partial charge in [-0.1, -0.05) is 24.2 Å². The van der Waals surface area contributed by atoms with Crippen LogP contribution in [0.2, 0.25) is 0 Å². The number of carbonyl (C=O) groups excluding carboxylic acids is 1. The van der Waals surface area contributed by atoms with Gasteiger partial charge < -0.3 is 20.2 Å². The fourth-order valence-corrected chi connectivity index (χ4v) is 2.18. The van der Waals surface area contributed by atoms with E-state index < -0.39 is 10.8 Å². The van der Waals surface area contributed by atoms with E-state index >= 15 is 0 Å². The smallest absolute Gasteiger partial charge is 0.343 e. The zero-order valence-electron chi connectivity index (χ0n) is 13.9. The van der Waals surface area contributed by atoms with E-state index in [1.54, 1.807) is 6.20 Å². The molecular formula is C16H16N6O4. The van der Waals surface area contributed by atoms with Gasteiger partial charge in [-0.05, 0) is 29.0 Å². The number of nitro groups is 1. The predicted octanol–water partition coefficient (Wildman–Crippen LogP) is 2.37. The van der Waals surface area contributed by atoms with E-state index in [1.807, 2.05) is 24.3 Å². The van der Waals surface area contributed by atoms with Crippen molar-refractivity contribution in [2.24, 2.45) is 0 Å². The molecule has 0 unspecified atom stereocenters. The first-order chi connectivity index (χ1) is 12.5. The molecule has 0 radical (unpaired) electrons. The highest BCUT2D eigenvalue weighted by molar-refractivity contribution is 6.02. The van der Waals surface area contributed by atoms with Gasteiger partial charge in [0.1, 0.15) is 5.75 Å². The molecule has 134 valence electrons. The maximum absolute atomic E-state index is 12.0. The highest BCUT2D eigenvalue weighted by Gasteiger charge is 2.17. The molecule has 1 aromatic carbocycles. The first-order valence-corrected chi connectivity index (χ1v) is 7.80. The molecule has 0 saturated heterocycles. The van der Waals surface area contributed by atoms with Gasteiger partial charge in [0, 0.05) is 0 Å². The predicted molar refractivity (Wildman–Crippen MR) is 91.9 cm³/mol. The Bertz CT molecular complexity index is 915. The molecule has 0 aliphatic carbocycles. The molecule has 10 heteroatoms. The number of aromatic nitrogens is 4. The fourth-order valence-electron chi connectivity index (χ4n) is 2.18. The zero-order valence-corrected chi connectivity index (χ0v) is 13.9. The number of rotatable bonds is 7. The van der Waals surface area contributed by atoms with Gasteiger partial charge in [0.2, 0.25) is 0 Å². The van der Waals surface area contributed by atoms with Crippen LogP contribution in [0, 0.1) is 10.1 Å². The topological polar surface area (TPSA) is 128 Å². The molecule has 26 heavy (non-hydrogen) atoms. The maximum atomic E-state index is 12.0. The Kier molecular flexibility index (Phi) is 4.92. The summed E-state index contributed by atoms with van der Waals surface area (Å²) in [6.07, 6.45) is 3.99. The molecule has 2 aromatic heterocycles. The zero-order chi connectivity index (χ0) is 18.5. The van der Waals surface area contributed by atoms with Crippen LogP contribution in [0.25, 0.3) is 0 Å². The van der Waals surface area contributed by atoms with Crippen molar-refractivity contribution in [3.63, 3.8) is 0 Å². The Morgan fingerprint density at radius 3 is 2.81 bits per heavy atom. The van der Waals surface area contributed by atoms with E-state index in [4.69, 9.17) is 4.74 Å². The van der Waals surface area contributed by atoms with Crippen LogP contribution in [0.1, 0.15) is 23.0 Å². The Hall–Kier alpha value is -3.69. The van der Waals surface area contributed by atoms with Crippen molar-refractivity contribution in [3.8, 4) is 5.75 Å². The third-order valence-corrected chi connectivity index (χ3v) is 3.58. The molecule has 0 aliphatic heterocycles. The standard InChI is InChI=1S/C16H16N6O4/c1-2-11-3-5-13(6-4-11)26-10-21-9-12(8-17-21)18-16(23)14-7-15(20-19-14)22(24)25/h3-9H,2,10H2,1H3,(H,18,23)(H,19,20). The van der Waals surface area contributed by atoms with Crippen molar-refractivity contribution >= 4 is 17.4 Å². The number of hydrogen-bond acceptors (Lipinski definition) is 6. The van der Waals surface area contributed by atoms with E-state index in [0.29, 0.717) is 11.4 Å². The number of nitrogens with one attached hydrogen (secondary N) is 2. The van der Waals surface area contributed by atoms with Crippen molar-refractivity contribution in [1.82, 2.24) is 20.0 Å². The van der Waals surface area contributed by atoms with Crippen molar-refractivity contribution < 1.29 is 14.5 Å². The number of ether oxygens (including phenoxy) is 1. The van der Waals surface area contributed by atoms with Gasteiger partial charge in [-0.3, -0.25) is 4.79 Å². The quantitative estimate of drug-likeness (QED) is 0.494. The minimum Gasteiger partial charge on any atom is -0.471 e. The highest BCUT2D eigenvalue weighted by atomic mass is 16.6. The summed E-state index contributed by atoms with van der Waals surface area (Å²) in [4.78, 5) is 22.0. The van der Waals surface area contributed by atoms with Crippen LogP contribution >= 0.6 is 0 Å².